The molecule has 2 amide bonds. The lowest BCUT2D eigenvalue weighted by Gasteiger charge is -2.13. The topological polar surface area (TPSA) is 116 Å². The fourth-order valence-electron chi connectivity index (χ4n) is 2.75. The van der Waals surface area contributed by atoms with Crippen LogP contribution in [-0.2, 0) is 11.4 Å². The molecule has 0 atom stereocenters. The van der Waals surface area contributed by atoms with Gasteiger partial charge in [0.15, 0.2) is 5.02 Å². The Balaban J connectivity index is 1.87. The first-order chi connectivity index (χ1) is 15.2. The molecule has 2 aromatic carbocycles. The van der Waals surface area contributed by atoms with Crippen LogP contribution in [0.4, 0.5) is 8.78 Å². The van der Waals surface area contributed by atoms with Crippen LogP contribution in [0.5, 0.6) is 5.88 Å². The number of carbonyl (C=O) groups excluding carboxylic acids is 2. The number of carbonyl (C=O) groups is 2. The average Bonchev–Trinajstić information content (AvgIpc) is 2.75. The van der Waals surface area contributed by atoms with Crippen LogP contribution in [0.1, 0.15) is 21.5 Å². The number of rotatable bonds is 7. The zero-order valence-electron chi connectivity index (χ0n) is 16.7. The lowest BCUT2D eigenvalue weighted by molar-refractivity contribution is -0.117. The van der Waals surface area contributed by atoms with Gasteiger partial charge in [-0.05, 0) is 36.8 Å². The maximum atomic E-state index is 13.8. The normalized spacial score (nSPS) is 10.6. The molecule has 11 heteroatoms. The number of aryl methyl sites for hydroxylation is 1. The molecule has 32 heavy (non-hydrogen) atoms. The van der Waals surface area contributed by atoms with Gasteiger partial charge in [0.05, 0.1) is 12.2 Å². The van der Waals surface area contributed by atoms with E-state index in [4.69, 9.17) is 22.1 Å². The number of benzene rings is 2. The minimum absolute atomic E-state index is 0.0546. The number of halogens is 3. The predicted molar refractivity (Wildman–Crippen MR) is 112 cm³/mol. The van der Waals surface area contributed by atoms with Gasteiger partial charge in [-0.3, -0.25) is 19.0 Å². The van der Waals surface area contributed by atoms with Gasteiger partial charge in [-0.2, -0.15) is 0 Å². The van der Waals surface area contributed by atoms with Crippen molar-refractivity contribution < 1.29 is 23.1 Å². The van der Waals surface area contributed by atoms with Crippen molar-refractivity contribution in [3.63, 3.8) is 0 Å². The smallest absolute Gasteiger partial charge is 0.280 e. The number of aromatic nitrogens is 2. The zero-order chi connectivity index (χ0) is 23.4. The van der Waals surface area contributed by atoms with Gasteiger partial charge >= 0.3 is 0 Å². The Labute approximate surface area is 185 Å². The lowest BCUT2D eigenvalue weighted by atomic mass is 10.1. The number of nitrogens with zero attached hydrogens (tertiary/aromatic N) is 2. The van der Waals surface area contributed by atoms with Crippen molar-refractivity contribution in [2.75, 3.05) is 6.54 Å². The highest BCUT2D eigenvalue weighted by atomic mass is 35.5. The second kappa shape index (κ2) is 9.56. The third-order valence-corrected chi connectivity index (χ3v) is 4.74. The highest BCUT2D eigenvalue weighted by Gasteiger charge is 2.16. The maximum absolute atomic E-state index is 13.8. The average molecular weight is 463 g/mol. The van der Waals surface area contributed by atoms with E-state index in [1.165, 1.54) is 18.2 Å². The molecule has 0 radical (unpaired) electrons. The molecule has 0 saturated heterocycles. The van der Waals surface area contributed by atoms with E-state index in [-0.39, 0.29) is 35.2 Å². The third kappa shape index (κ3) is 5.09. The second-order valence-corrected chi connectivity index (χ2v) is 7.09. The van der Waals surface area contributed by atoms with E-state index in [1.54, 1.807) is 13.0 Å². The highest BCUT2D eigenvalue weighted by molar-refractivity contribution is 6.31. The molecular formula is C21H17ClF2N4O4. The minimum Gasteiger partial charge on any atom is -0.471 e. The van der Waals surface area contributed by atoms with Gasteiger partial charge in [0.2, 0.25) is 11.8 Å². The molecule has 0 fully saturated rings. The monoisotopic (exact) mass is 462 g/mol. The quantitative estimate of drug-likeness (QED) is 0.558. The Morgan fingerprint density at radius 3 is 2.66 bits per heavy atom. The van der Waals surface area contributed by atoms with Crippen molar-refractivity contribution >= 4 is 23.4 Å². The van der Waals surface area contributed by atoms with Crippen molar-refractivity contribution in [3.05, 3.63) is 86.4 Å². The van der Waals surface area contributed by atoms with Crippen LogP contribution in [0.25, 0.3) is 5.69 Å². The lowest BCUT2D eigenvalue weighted by Crippen LogP contribution is -2.33. The van der Waals surface area contributed by atoms with Gasteiger partial charge in [-0.1, -0.05) is 17.7 Å². The Morgan fingerprint density at radius 2 is 1.97 bits per heavy atom. The molecule has 0 bridgehead atoms. The van der Waals surface area contributed by atoms with Crippen molar-refractivity contribution in [1.82, 2.24) is 14.9 Å². The molecule has 0 spiro atoms. The van der Waals surface area contributed by atoms with Crippen LogP contribution in [-0.4, -0.2) is 27.9 Å². The summed E-state index contributed by atoms with van der Waals surface area (Å²) < 4.78 is 33.2. The van der Waals surface area contributed by atoms with Crippen LogP contribution in [0, 0.1) is 18.6 Å². The van der Waals surface area contributed by atoms with Gasteiger partial charge < -0.3 is 15.8 Å². The molecule has 0 unspecified atom stereocenters. The van der Waals surface area contributed by atoms with Gasteiger partial charge in [-0.15, -0.1) is 0 Å². The van der Waals surface area contributed by atoms with Crippen LogP contribution >= 0.6 is 11.6 Å². The van der Waals surface area contributed by atoms with E-state index in [0.717, 1.165) is 17.0 Å². The van der Waals surface area contributed by atoms with E-state index < -0.39 is 29.0 Å². The number of hydrogen-bond acceptors (Lipinski definition) is 5. The summed E-state index contributed by atoms with van der Waals surface area (Å²) in [6, 6.07) is 7.54. The highest BCUT2D eigenvalue weighted by Crippen LogP contribution is 2.21. The Morgan fingerprint density at radius 1 is 1.22 bits per heavy atom. The first-order valence-electron chi connectivity index (χ1n) is 9.18. The summed E-state index contributed by atoms with van der Waals surface area (Å²) in [6.45, 7) is 1.05. The Kier molecular flexibility index (Phi) is 6.84. The summed E-state index contributed by atoms with van der Waals surface area (Å²) in [5.41, 5.74) is 5.53. The fraction of sp³-hybridized carbons (Fsp3) is 0.143. The van der Waals surface area contributed by atoms with Gasteiger partial charge in [0.1, 0.15) is 24.6 Å². The van der Waals surface area contributed by atoms with Crippen LogP contribution < -0.4 is 21.3 Å². The van der Waals surface area contributed by atoms with E-state index >= 15 is 0 Å². The van der Waals surface area contributed by atoms with E-state index in [0.29, 0.717) is 17.3 Å². The predicted octanol–water partition coefficient (Wildman–Crippen LogP) is 2.27. The molecule has 3 rings (SSSR count). The van der Waals surface area contributed by atoms with Gasteiger partial charge in [0.25, 0.3) is 11.5 Å². The molecular weight excluding hydrogens is 446 g/mol. The molecule has 8 nitrogen and oxygen atoms in total. The van der Waals surface area contributed by atoms with Crippen molar-refractivity contribution in [2.45, 2.75) is 13.5 Å². The van der Waals surface area contributed by atoms with Crippen molar-refractivity contribution in [1.29, 1.82) is 0 Å². The molecule has 166 valence electrons. The van der Waals surface area contributed by atoms with Gasteiger partial charge in [0, 0.05) is 17.2 Å². The summed E-state index contributed by atoms with van der Waals surface area (Å²) in [7, 11) is 0. The Hall–Kier alpha value is -3.79. The number of nitrogens with two attached hydrogens (primary N) is 1. The molecule has 0 aliphatic heterocycles. The largest absolute Gasteiger partial charge is 0.471 e. The molecule has 3 aromatic rings. The molecule has 0 aliphatic carbocycles. The van der Waals surface area contributed by atoms with E-state index in [1.807, 2.05) is 0 Å². The van der Waals surface area contributed by atoms with Gasteiger partial charge in [-0.25, -0.2) is 13.8 Å². The summed E-state index contributed by atoms with van der Waals surface area (Å²) >= 11 is 6.11. The van der Waals surface area contributed by atoms with Crippen LogP contribution in [0.3, 0.4) is 0 Å². The zero-order valence-corrected chi connectivity index (χ0v) is 17.5. The van der Waals surface area contributed by atoms with Crippen molar-refractivity contribution in [3.8, 4) is 11.6 Å². The summed E-state index contributed by atoms with van der Waals surface area (Å²) in [5, 5.41) is 1.99. The first kappa shape index (κ1) is 22.9. The standard InChI is InChI=1S/C21H17ClF2N4O4/c1-11-2-3-12(19(30)26-8-17(25)29)6-16(11)28-10-27-20(18(22)21(28)31)32-9-13-4-5-14(23)7-15(13)24/h2-7,10H,8-9H2,1H3,(H2,25,29)(H,26,30). The first-order valence-corrected chi connectivity index (χ1v) is 9.56. The van der Waals surface area contributed by atoms with Crippen LogP contribution in [0.15, 0.2) is 47.5 Å². The molecule has 1 heterocycles. The van der Waals surface area contributed by atoms with Crippen LogP contribution in [0.2, 0.25) is 5.02 Å². The number of ether oxygens (including phenoxy) is 1. The number of nitrogens with one attached hydrogen (secondary N) is 1. The van der Waals surface area contributed by atoms with Crippen molar-refractivity contribution in [2.24, 2.45) is 5.73 Å². The SMILES string of the molecule is Cc1ccc(C(=O)NCC(N)=O)cc1-n1cnc(OCc2ccc(F)cc2F)c(Cl)c1=O. The summed E-state index contributed by atoms with van der Waals surface area (Å²) in [5.74, 6) is -3.03. The molecule has 0 aliphatic rings. The Bertz CT molecular complexity index is 1260. The summed E-state index contributed by atoms with van der Waals surface area (Å²) in [4.78, 5) is 39.8. The van der Waals surface area contributed by atoms with E-state index in [9.17, 15) is 23.2 Å². The fourth-order valence-corrected chi connectivity index (χ4v) is 2.95. The summed E-state index contributed by atoms with van der Waals surface area (Å²) in [6.07, 6.45) is 1.15. The number of amides is 2. The molecule has 3 N–H and O–H groups in total. The third-order valence-electron chi connectivity index (χ3n) is 4.42. The number of hydrogen-bond donors (Lipinski definition) is 2. The molecule has 0 saturated carbocycles. The maximum Gasteiger partial charge on any atom is 0.280 e. The molecule has 1 aromatic heterocycles. The van der Waals surface area contributed by atoms with E-state index in [2.05, 4.69) is 10.3 Å². The second-order valence-electron chi connectivity index (χ2n) is 6.71. The minimum atomic E-state index is -0.809. The number of primary amides is 1.